The number of benzene rings is 1. The van der Waals surface area contributed by atoms with Crippen molar-refractivity contribution in [3.8, 4) is 0 Å². The van der Waals surface area contributed by atoms with E-state index in [2.05, 4.69) is 10.1 Å². The van der Waals surface area contributed by atoms with E-state index in [1.807, 2.05) is 31.2 Å². The molecule has 1 aromatic heterocycles. The minimum Gasteiger partial charge on any atom is -0.339 e. The Kier molecular flexibility index (Phi) is 3.07. The third-order valence-corrected chi connectivity index (χ3v) is 4.09. The summed E-state index contributed by atoms with van der Waals surface area (Å²) in [7, 11) is 0. The Labute approximate surface area is 117 Å². The van der Waals surface area contributed by atoms with Crippen LogP contribution in [0.1, 0.15) is 49.4 Å². The lowest BCUT2D eigenvalue weighted by Crippen LogP contribution is -2.44. The number of hydrogen-bond donors (Lipinski definition) is 1. The van der Waals surface area contributed by atoms with Crippen LogP contribution in [0, 0.1) is 0 Å². The Hall–Kier alpha value is -1.39. The van der Waals surface area contributed by atoms with Gasteiger partial charge in [0.2, 0.25) is 5.89 Å². The Bertz CT molecular complexity index is 592. The lowest BCUT2D eigenvalue weighted by Gasteiger charge is -2.34. The maximum atomic E-state index is 6.19. The molecule has 19 heavy (non-hydrogen) atoms. The SMILES string of the molecule is CC(c1cccc(Cl)c1)c1nc(C2(N)CCC2)no1. The quantitative estimate of drug-likeness (QED) is 0.935. The normalized spacial score (nSPS) is 18.9. The molecule has 0 radical (unpaired) electrons. The standard InChI is InChI=1S/C14H16ClN3O/c1-9(10-4-2-5-11(15)8-10)12-17-13(18-19-12)14(16)6-3-7-14/h2,4-5,8-9H,3,6-7,16H2,1H3. The fourth-order valence-corrected chi connectivity index (χ4v) is 2.51. The van der Waals surface area contributed by atoms with Crippen molar-refractivity contribution in [3.05, 3.63) is 46.6 Å². The first-order valence-electron chi connectivity index (χ1n) is 6.47. The summed E-state index contributed by atoms with van der Waals surface area (Å²) in [6.45, 7) is 2.02. The van der Waals surface area contributed by atoms with Crippen molar-refractivity contribution in [1.82, 2.24) is 10.1 Å². The van der Waals surface area contributed by atoms with Crippen LogP contribution in [-0.2, 0) is 5.54 Å². The highest BCUT2D eigenvalue weighted by molar-refractivity contribution is 6.30. The van der Waals surface area contributed by atoms with Gasteiger partial charge in [0.1, 0.15) is 0 Å². The van der Waals surface area contributed by atoms with Gasteiger partial charge in [-0.2, -0.15) is 4.98 Å². The summed E-state index contributed by atoms with van der Waals surface area (Å²) >= 11 is 6.00. The Morgan fingerprint density at radius 1 is 1.42 bits per heavy atom. The molecule has 0 amide bonds. The smallest absolute Gasteiger partial charge is 0.233 e. The molecule has 0 spiro atoms. The second kappa shape index (κ2) is 4.62. The second-order valence-corrected chi connectivity index (χ2v) is 5.68. The number of rotatable bonds is 3. The van der Waals surface area contributed by atoms with Gasteiger partial charge < -0.3 is 10.3 Å². The molecule has 1 aromatic carbocycles. The Morgan fingerprint density at radius 3 is 2.84 bits per heavy atom. The van der Waals surface area contributed by atoms with E-state index in [0.717, 1.165) is 24.8 Å². The van der Waals surface area contributed by atoms with Crippen LogP contribution in [0.3, 0.4) is 0 Å². The fraction of sp³-hybridized carbons (Fsp3) is 0.429. The van der Waals surface area contributed by atoms with Gasteiger partial charge in [-0.15, -0.1) is 0 Å². The molecule has 4 nitrogen and oxygen atoms in total. The van der Waals surface area contributed by atoms with Crippen molar-refractivity contribution >= 4 is 11.6 Å². The zero-order chi connectivity index (χ0) is 13.5. The minimum absolute atomic E-state index is 0.0172. The van der Waals surface area contributed by atoms with Gasteiger partial charge in [-0.25, -0.2) is 0 Å². The van der Waals surface area contributed by atoms with Gasteiger partial charge in [0.25, 0.3) is 0 Å². The highest BCUT2D eigenvalue weighted by Gasteiger charge is 2.39. The molecule has 100 valence electrons. The average molecular weight is 278 g/mol. The van der Waals surface area contributed by atoms with Crippen LogP contribution in [0.4, 0.5) is 0 Å². The molecule has 3 rings (SSSR count). The van der Waals surface area contributed by atoms with E-state index in [4.69, 9.17) is 21.9 Å². The third-order valence-electron chi connectivity index (χ3n) is 3.85. The van der Waals surface area contributed by atoms with E-state index in [9.17, 15) is 0 Å². The summed E-state index contributed by atoms with van der Waals surface area (Å²) in [5.41, 5.74) is 6.87. The van der Waals surface area contributed by atoms with Gasteiger partial charge in [-0.1, -0.05) is 28.9 Å². The highest BCUT2D eigenvalue weighted by Crippen LogP contribution is 2.37. The summed E-state index contributed by atoms with van der Waals surface area (Å²) in [5, 5.41) is 4.74. The molecule has 1 atom stereocenters. The number of hydrogen-bond acceptors (Lipinski definition) is 4. The maximum Gasteiger partial charge on any atom is 0.233 e. The summed E-state index contributed by atoms with van der Waals surface area (Å²) in [4.78, 5) is 4.46. The third kappa shape index (κ3) is 2.26. The molecular formula is C14H16ClN3O. The van der Waals surface area contributed by atoms with Gasteiger partial charge in [0, 0.05) is 5.02 Å². The summed E-state index contributed by atoms with van der Waals surface area (Å²) in [6.07, 6.45) is 2.99. The molecule has 0 aliphatic heterocycles. The molecule has 1 fully saturated rings. The van der Waals surface area contributed by atoms with Crippen molar-refractivity contribution < 1.29 is 4.52 Å². The zero-order valence-corrected chi connectivity index (χ0v) is 11.5. The topological polar surface area (TPSA) is 64.9 Å². The van der Waals surface area contributed by atoms with E-state index >= 15 is 0 Å². The van der Waals surface area contributed by atoms with Crippen LogP contribution in [0.15, 0.2) is 28.8 Å². The zero-order valence-electron chi connectivity index (χ0n) is 10.8. The van der Waals surface area contributed by atoms with Crippen LogP contribution < -0.4 is 5.73 Å². The molecule has 2 aromatic rings. The number of halogens is 1. The first kappa shape index (κ1) is 12.6. The molecule has 1 aliphatic carbocycles. The number of nitrogens with zero attached hydrogens (tertiary/aromatic N) is 2. The number of aromatic nitrogens is 2. The van der Waals surface area contributed by atoms with Crippen LogP contribution in [-0.4, -0.2) is 10.1 Å². The minimum atomic E-state index is -0.379. The molecule has 2 N–H and O–H groups in total. The van der Waals surface area contributed by atoms with Crippen molar-refractivity contribution in [3.63, 3.8) is 0 Å². The van der Waals surface area contributed by atoms with Crippen molar-refractivity contribution in [2.45, 2.75) is 37.6 Å². The van der Waals surface area contributed by atoms with E-state index in [0.29, 0.717) is 16.7 Å². The van der Waals surface area contributed by atoms with Gasteiger partial charge >= 0.3 is 0 Å². The molecule has 5 heteroatoms. The summed E-state index contributed by atoms with van der Waals surface area (Å²) in [6, 6.07) is 7.68. The van der Waals surface area contributed by atoms with E-state index in [1.165, 1.54) is 0 Å². The first-order valence-corrected chi connectivity index (χ1v) is 6.85. The van der Waals surface area contributed by atoms with Crippen molar-refractivity contribution in [2.24, 2.45) is 5.73 Å². The predicted molar refractivity (Wildman–Crippen MR) is 73.0 cm³/mol. The Morgan fingerprint density at radius 2 is 2.21 bits per heavy atom. The molecule has 1 heterocycles. The molecular weight excluding hydrogens is 262 g/mol. The average Bonchev–Trinajstić information content (AvgIpc) is 2.85. The lowest BCUT2D eigenvalue weighted by molar-refractivity contribution is 0.228. The molecule has 1 aliphatic rings. The van der Waals surface area contributed by atoms with E-state index in [1.54, 1.807) is 0 Å². The van der Waals surface area contributed by atoms with E-state index < -0.39 is 0 Å². The van der Waals surface area contributed by atoms with Crippen LogP contribution >= 0.6 is 11.6 Å². The molecule has 0 saturated heterocycles. The molecule has 1 unspecified atom stereocenters. The fourth-order valence-electron chi connectivity index (χ4n) is 2.31. The van der Waals surface area contributed by atoms with Crippen LogP contribution in [0.5, 0.6) is 0 Å². The predicted octanol–water partition coefficient (Wildman–Crippen LogP) is 3.21. The molecule has 0 bridgehead atoms. The van der Waals surface area contributed by atoms with Gasteiger partial charge in [-0.3, -0.25) is 0 Å². The molecule has 1 saturated carbocycles. The van der Waals surface area contributed by atoms with Gasteiger partial charge in [-0.05, 0) is 43.9 Å². The first-order chi connectivity index (χ1) is 9.08. The maximum absolute atomic E-state index is 6.19. The van der Waals surface area contributed by atoms with Gasteiger partial charge in [0.05, 0.1) is 11.5 Å². The van der Waals surface area contributed by atoms with Crippen molar-refractivity contribution in [2.75, 3.05) is 0 Å². The monoisotopic (exact) mass is 277 g/mol. The van der Waals surface area contributed by atoms with E-state index in [-0.39, 0.29) is 11.5 Å². The van der Waals surface area contributed by atoms with Crippen molar-refractivity contribution in [1.29, 1.82) is 0 Å². The summed E-state index contributed by atoms with van der Waals surface area (Å²) in [5.74, 6) is 1.24. The largest absolute Gasteiger partial charge is 0.339 e. The summed E-state index contributed by atoms with van der Waals surface area (Å²) < 4.78 is 5.36. The van der Waals surface area contributed by atoms with Gasteiger partial charge in [0.15, 0.2) is 5.82 Å². The van der Waals surface area contributed by atoms with Crippen LogP contribution in [0.2, 0.25) is 5.02 Å². The number of nitrogens with two attached hydrogens (primary N) is 1. The highest BCUT2D eigenvalue weighted by atomic mass is 35.5. The Balaban J connectivity index is 1.86. The second-order valence-electron chi connectivity index (χ2n) is 5.24. The lowest BCUT2D eigenvalue weighted by atomic mass is 9.77. The van der Waals surface area contributed by atoms with Crippen LogP contribution in [0.25, 0.3) is 0 Å².